The number of rotatable bonds is 4. The van der Waals surface area contributed by atoms with Crippen LogP contribution in [0.2, 0.25) is 0 Å². The Hall–Kier alpha value is -3.98. The molecule has 0 atom stereocenters. The molecule has 4 N–H and O–H groups in total. The van der Waals surface area contributed by atoms with E-state index in [1.807, 2.05) is 24.3 Å². The quantitative estimate of drug-likeness (QED) is 0.352. The van der Waals surface area contributed by atoms with Gasteiger partial charge in [-0.2, -0.15) is 0 Å². The number of nitrogens with two attached hydrogens (primary N) is 2. The van der Waals surface area contributed by atoms with Gasteiger partial charge in [0.25, 0.3) is 0 Å². The van der Waals surface area contributed by atoms with E-state index in [-0.39, 0.29) is 5.92 Å². The number of anilines is 2. The van der Waals surface area contributed by atoms with Crippen LogP contribution in [-0.4, -0.2) is 4.57 Å². The molecule has 0 aliphatic heterocycles. The Balaban J connectivity index is 1.87. The van der Waals surface area contributed by atoms with Gasteiger partial charge in [0.15, 0.2) is 0 Å². The van der Waals surface area contributed by atoms with Gasteiger partial charge in [-0.05, 0) is 52.6 Å². The molecule has 0 aliphatic carbocycles. The summed E-state index contributed by atoms with van der Waals surface area (Å²) < 4.78 is 2.31. The summed E-state index contributed by atoms with van der Waals surface area (Å²) in [4.78, 5) is 0. The van der Waals surface area contributed by atoms with E-state index in [0.717, 1.165) is 11.4 Å². The third kappa shape index (κ3) is 3.34. The van der Waals surface area contributed by atoms with Gasteiger partial charge in [-0.1, -0.05) is 72.8 Å². The van der Waals surface area contributed by atoms with Gasteiger partial charge >= 0.3 is 0 Å². The Morgan fingerprint density at radius 1 is 0.613 bits per heavy atom. The number of hydrogen-bond donors (Lipinski definition) is 2. The summed E-state index contributed by atoms with van der Waals surface area (Å²) in [5.41, 5.74) is 20.9. The van der Waals surface area contributed by atoms with Gasteiger partial charge < -0.3 is 16.0 Å². The summed E-state index contributed by atoms with van der Waals surface area (Å²) in [6.45, 7) is 0. The Morgan fingerprint density at radius 2 is 1.13 bits per heavy atom. The van der Waals surface area contributed by atoms with Gasteiger partial charge in [0.05, 0.1) is 5.69 Å². The van der Waals surface area contributed by atoms with E-state index in [9.17, 15) is 0 Å². The molecule has 1 heterocycles. The van der Waals surface area contributed by atoms with Gasteiger partial charge in [-0.3, -0.25) is 0 Å². The van der Waals surface area contributed by atoms with Crippen molar-refractivity contribution in [2.24, 2.45) is 7.05 Å². The Kier molecular flexibility index (Phi) is 4.72. The number of para-hydroxylation sites is 1. The number of aryl methyl sites for hydroxylation is 1. The molecule has 0 fully saturated rings. The highest BCUT2D eigenvalue weighted by molar-refractivity contribution is 5.93. The second-order valence-electron chi connectivity index (χ2n) is 7.97. The third-order valence-corrected chi connectivity index (χ3v) is 6.02. The van der Waals surface area contributed by atoms with Crippen LogP contribution < -0.4 is 11.5 Å². The van der Waals surface area contributed by atoms with Crippen LogP contribution >= 0.6 is 0 Å². The average molecular weight is 404 g/mol. The number of hydrogen-bond acceptors (Lipinski definition) is 2. The molecule has 31 heavy (non-hydrogen) atoms. The summed E-state index contributed by atoms with van der Waals surface area (Å²) in [5, 5.41) is 1.25. The smallest absolute Gasteiger partial charge is 0.0530 e. The first-order valence-corrected chi connectivity index (χ1v) is 10.5. The van der Waals surface area contributed by atoms with E-state index in [1.54, 1.807) is 0 Å². The van der Waals surface area contributed by atoms with Crippen molar-refractivity contribution in [2.75, 3.05) is 11.5 Å². The van der Waals surface area contributed by atoms with E-state index < -0.39 is 0 Å². The van der Waals surface area contributed by atoms with Crippen LogP contribution in [0.4, 0.5) is 11.4 Å². The molecule has 0 aliphatic rings. The minimum Gasteiger partial charge on any atom is -0.399 e. The molecule has 1 aromatic heterocycles. The predicted octanol–water partition coefficient (Wildman–Crippen LogP) is 6.19. The lowest BCUT2D eigenvalue weighted by Gasteiger charge is -2.21. The molecule has 5 rings (SSSR count). The van der Waals surface area contributed by atoms with Crippen molar-refractivity contribution in [2.45, 2.75) is 5.92 Å². The van der Waals surface area contributed by atoms with Crippen LogP contribution in [0, 0.1) is 0 Å². The number of fused-ring (bicyclic) bond motifs is 1. The van der Waals surface area contributed by atoms with Gasteiger partial charge in [0.2, 0.25) is 0 Å². The largest absolute Gasteiger partial charge is 0.399 e. The minimum absolute atomic E-state index is 0.0440. The summed E-state index contributed by atoms with van der Waals surface area (Å²) in [6, 6.07) is 35.7. The number of nitrogen functional groups attached to an aromatic ring is 2. The van der Waals surface area contributed by atoms with Crippen molar-refractivity contribution in [1.29, 1.82) is 0 Å². The summed E-state index contributed by atoms with van der Waals surface area (Å²) in [7, 11) is 2.15. The maximum Gasteiger partial charge on any atom is 0.0530 e. The van der Waals surface area contributed by atoms with Crippen LogP contribution in [0.25, 0.3) is 22.2 Å². The second-order valence-corrected chi connectivity index (χ2v) is 7.97. The first kappa shape index (κ1) is 19.0. The number of nitrogens with zero attached hydrogens (tertiary/aromatic N) is 1. The summed E-state index contributed by atoms with van der Waals surface area (Å²) in [5.74, 6) is 0.0440. The Labute approximate surface area is 182 Å². The van der Waals surface area contributed by atoms with Crippen LogP contribution in [0.3, 0.4) is 0 Å². The molecule has 0 unspecified atom stereocenters. The molecule has 3 heteroatoms. The number of aromatic nitrogens is 1. The van der Waals surface area contributed by atoms with Crippen molar-refractivity contribution in [3.8, 4) is 11.3 Å². The van der Waals surface area contributed by atoms with E-state index in [2.05, 4.69) is 90.5 Å². The van der Waals surface area contributed by atoms with E-state index in [1.165, 1.54) is 38.9 Å². The van der Waals surface area contributed by atoms with Gasteiger partial charge in [0.1, 0.15) is 0 Å². The lowest BCUT2D eigenvalue weighted by Crippen LogP contribution is -2.06. The van der Waals surface area contributed by atoms with Crippen molar-refractivity contribution in [3.05, 3.63) is 120 Å². The highest BCUT2D eigenvalue weighted by atomic mass is 15.0. The zero-order valence-corrected chi connectivity index (χ0v) is 17.5. The normalized spacial score (nSPS) is 11.3. The predicted molar refractivity (Wildman–Crippen MR) is 131 cm³/mol. The van der Waals surface area contributed by atoms with Crippen molar-refractivity contribution >= 4 is 22.3 Å². The number of benzene rings is 4. The van der Waals surface area contributed by atoms with Gasteiger partial charge in [-0.15, -0.1) is 0 Å². The van der Waals surface area contributed by atoms with Crippen molar-refractivity contribution < 1.29 is 0 Å². The molecule has 0 spiro atoms. The topological polar surface area (TPSA) is 57.0 Å². The van der Waals surface area contributed by atoms with Crippen LogP contribution in [0.1, 0.15) is 22.6 Å². The summed E-state index contributed by atoms with van der Waals surface area (Å²) >= 11 is 0. The van der Waals surface area contributed by atoms with E-state index >= 15 is 0 Å². The lowest BCUT2D eigenvalue weighted by molar-refractivity contribution is 0.937. The molecule has 0 saturated carbocycles. The maximum absolute atomic E-state index is 6.02. The van der Waals surface area contributed by atoms with Crippen LogP contribution in [0.15, 0.2) is 103 Å². The zero-order valence-electron chi connectivity index (χ0n) is 17.5. The minimum atomic E-state index is 0.0440. The monoisotopic (exact) mass is 403 g/mol. The fourth-order valence-corrected chi connectivity index (χ4v) is 4.56. The molecule has 5 aromatic rings. The fourth-order valence-electron chi connectivity index (χ4n) is 4.56. The zero-order chi connectivity index (χ0) is 21.4. The van der Waals surface area contributed by atoms with Crippen molar-refractivity contribution in [1.82, 2.24) is 4.57 Å². The standard InChI is InChI=1S/C28H25N3/c1-31-25-10-6-5-9-24(25)27(28(31)21-7-3-2-4-8-21)26(19-11-15-22(29)16-12-19)20-13-17-23(30)18-14-20/h2-18,26H,29-30H2,1H3. The Morgan fingerprint density at radius 3 is 1.71 bits per heavy atom. The van der Waals surface area contributed by atoms with Crippen molar-refractivity contribution in [3.63, 3.8) is 0 Å². The van der Waals surface area contributed by atoms with Gasteiger partial charge in [-0.25, -0.2) is 0 Å². The highest BCUT2D eigenvalue weighted by Gasteiger charge is 2.26. The molecule has 0 radical (unpaired) electrons. The first-order chi connectivity index (χ1) is 15.1. The summed E-state index contributed by atoms with van der Waals surface area (Å²) in [6.07, 6.45) is 0. The molecule has 152 valence electrons. The van der Waals surface area contributed by atoms with E-state index in [0.29, 0.717) is 0 Å². The first-order valence-electron chi connectivity index (χ1n) is 10.5. The maximum atomic E-state index is 6.02. The highest BCUT2D eigenvalue weighted by Crippen LogP contribution is 2.43. The Bertz CT molecular complexity index is 1290. The molecular weight excluding hydrogens is 378 g/mol. The lowest BCUT2D eigenvalue weighted by atomic mass is 9.82. The molecule has 0 bridgehead atoms. The second kappa shape index (κ2) is 7.69. The van der Waals surface area contributed by atoms with E-state index in [4.69, 9.17) is 11.5 Å². The third-order valence-electron chi connectivity index (χ3n) is 6.02. The fraction of sp³-hybridized carbons (Fsp3) is 0.0714. The van der Waals surface area contributed by atoms with Crippen LogP contribution in [-0.2, 0) is 7.05 Å². The average Bonchev–Trinajstić information content (AvgIpc) is 3.09. The molecule has 4 aromatic carbocycles. The van der Waals surface area contributed by atoms with Crippen LogP contribution in [0.5, 0.6) is 0 Å². The SMILES string of the molecule is Cn1c(-c2ccccc2)c(C(c2ccc(N)cc2)c2ccc(N)cc2)c2ccccc21. The molecule has 3 nitrogen and oxygen atoms in total. The molecular formula is C28H25N3. The van der Waals surface area contributed by atoms with Gasteiger partial charge in [0, 0.05) is 35.2 Å². The molecule has 0 saturated heterocycles. The molecule has 0 amide bonds.